The fraction of sp³-hybridized carbons (Fsp3) is 0. The van der Waals surface area contributed by atoms with Crippen molar-refractivity contribution in [1.82, 2.24) is 0 Å². The molecule has 0 aromatic heterocycles. The molecule has 0 spiro atoms. The lowest BCUT2D eigenvalue weighted by Gasteiger charge is -2.03. The second-order valence-electron chi connectivity index (χ2n) is 5.73. The van der Waals surface area contributed by atoms with Gasteiger partial charge in [0.1, 0.15) is 0 Å². The smallest absolute Gasteiger partial charge is 0.366 e. The number of phenols is 6. The second-order valence-corrected chi connectivity index (χ2v) is 5.73. The van der Waals surface area contributed by atoms with Gasteiger partial charge < -0.3 is 30.6 Å². The maximum absolute atomic E-state index is 10.5. The lowest BCUT2D eigenvalue weighted by Crippen LogP contribution is -1.99. The summed E-state index contributed by atoms with van der Waals surface area (Å²) < 4.78 is 0. The zero-order chi connectivity index (χ0) is 28.4. The molecule has 192 valence electrons. The normalized spacial score (nSPS) is 10.0. The van der Waals surface area contributed by atoms with Crippen molar-refractivity contribution in [2.24, 2.45) is 0 Å². The zero-order valence-corrected chi connectivity index (χ0v) is 16.3. The maximum Gasteiger partial charge on any atom is 0.366 e. The Morgan fingerprint density at radius 3 is 0.444 bits per heavy atom. The molecule has 36 heavy (non-hydrogen) atoms. The largest absolute Gasteiger partial charge is 0.497 e. The minimum absolute atomic E-state index is 1.45. The average molecular weight is 522 g/mol. The third kappa shape index (κ3) is 4.55. The number of aromatic hydroxyl groups is 6. The highest BCUT2D eigenvalue weighted by molar-refractivity contribution is 5.81. The summed E-state index contributed by atoms with van der Waals surface area (Å²) in [6, 6.07) is 0. The van der Waals surface area contributed by atoms with Crippen molar-refractivity contribution in [3.8, 4) is 34.5 Å². The first-order chi connectivity index (χ1) is 16.4. The Balaban J connectivity index is 0.000000360. The van der Waals surface area contributed by atoms with Crippen LogP contribution in [0.3, 0.4) is 0 Å². The molecular weight excluding hydrogens is 516 g/mol. The Morgan fingerprint density at radius 2 is 0.389 bits per heavy atom. The summed E-state index contributed by atoms with van der Waals surface area (Å²) >= 11 is 0. The van der Waals surface area contributed by atoms with Crippen LogP contribution in [-0.4, -0.2) is 60.2 Å². The highest BCUT2D eigenvalue weighted by Gasteiger charge is 2.44. The van der Waals surface area contributed by atoms with Gasteiger partial charge in [0.25, 0.3) is 34.5 Å². The summed E-state index contributed by atoms with van der Waals surface area (Å²) in [5.74, 6) is -10.1. The van der Waals surface area contributed by atoms with E-state index in [1.807, 2.05) is 0 Å². The topological polar surface area (TPSA) is 380 Å². The minimum atomic E-state index is -1.68. The van der Waals surface area contributed by atoms with Crippen molar-refractivity contribution in [1.29, 1.82) is 0 Å². The number of rotatable bonds is 6. The standard InChI is InChI=1S/2C6H3N3O9/c2*10-4-1(7(13)14)5(11)3(9(17)18)6(12)2(4)8(15)16/h2*10-12H. The van der Waals surface area contributed by atoms with E-state index in [1.54, 1.807) is 0 Å². The Bertz CT molecular complexity index is 1060. The minimum Gasteiger partial charge on any atom is -0.497 e. The fourth-order valence-corrected chi connectivity index (χ4v) is 2.38. The first-order valence-corrected chi connectivity index (χ1v) is 7.87. The van der Waals surface area contributed by atoms with Crippen molar-refractivity contribution in [3.63, 3.8) is 0 Å². The molecule has 0 radical (unpaired) electrons. The van der Waals surface area contributed by atoms with E-state index < -0.39 is 98.2 Å². The SMILES string of the molecule is O=[N+]([O-])c1c(O)c([N+](=O)[O-])c(O)c([N+](=O)[O-])c1O.O=[N+]([O-])c1c(O)c([N+](=O)[O-])c(O)c([N+](=O)[O-])c1O. The lowest BCUT2D eigenvalue weighted by molar-refractivity contribution is -0.407. The van der Waals surface area contributed by atoms with Crippen LogP contribution in [0.25, 0.3) is 0 Å². The number of benzene rings is 2. The molecule has 0 fully saturated rings. The van der Waals surface area contributed by atoms with Crippen LogP contribution in [0.2, 0.25) is 0 Å². The molecule has 0 bridgehead atoms. The Hall–Kier alpha value is -6.36. The number of hydrogen-bond acceptors (Lipinski definition) is 18. The molecule has 0 atom stereocenters. The Kier molecular flexibility index (Phi) is 7.41. The van der Waals surface area contributed by atoms with Gasteiger partial charge in [0.2, 0.25) is 0 Å². The molecule has 24 heteroatoms. The van der Waals surface area contributed by atoms with Crippen LogP contribution in [-0.2, 0) is 0 Å². The van der Waals surface area contributed by atoms with Gasteiger partial charge >= 0.3 is 34.1 Å². The van der Waals surface area contributed by atoms with Crippen LogP contribution in [0.15, 0.2) is 0 Å². The summed E-state index contributed by atoms with van der Waals surface area (Å²) in [7, 11) is 0. The van der Waals surface area contributed by atoms with Gasteiger partial charge in [-0.1, -0.05) is 0 Å². The van der Waals surface area contributed by atoms with Gasteiger partial charge in [0.15, 0.2) is 0 Å². The van der Waals surface area contributed by atoms with Crippen molar-refractivity contribution in [2.45, 2.75) is 0 Å². The number of nitro benzene ring substituents is 6. The van der Waals surface area contributed by atoms with Crippen LogP contribution in [0.4, 0.5) is 34.1 Å². The fourth-order valence-electron chi connectivity index (χ4n) is 2.38. The summed E-state index contributed by atoms with van der Waals surface area (Å²) in [6.45, 7) is 0. The van der Waals surface area contributed by atoms with Gasteiger partial charge in [-0.25, -0.2) is 0 Å². The van der Waals surface area contributed by atoms with Gasteiger partial charge in [-0.05, 0) is 0 Å². The first-order valence-electron chi connectivity index (χ1n) is 7.87. The molecule has 24 nitrogen and oxygen atoms in total. The number of phenolic OH excluding ortho intramolecular Hbond substituents is 6. The maximum atomic E-state index is 10.5. The lowest BCUT2D eigenvalue weighted by atomic mass is 10.2. The van der Waals surface area contributed by atoms with Crippen LogP contribution < -0.4 is 0 Å². The molecule has 2 aromatic rings. The van der Waals surface area contributed by atoms with Crippen molar-refractivity contribution in [3.05, 3.63) is 60.7 Å². The van der Waals surface area contributed by atoms with Gasteiger partial charge in [0.05, 0.1) is 29.5 Å². The highest BCUT2D eigenvalue weighted by atomic mass is 16.7. The molecule has 0 saturated carbocycles. The van der Waals surface area contributed by atoms with Gasteiger partial charge in [-0.15, -0.1) is 0 Å². The summed E-state index contributed by atoms with van der Waals surface area (Å²) in [4.78, 5) is 54.0. The molecule has 0 heterocycles. The molecule has 0 saturated heterocycles. The third-order valence-electron chi connectivity index (χ3n) is 3.79. The van der Waals surface area contributed by atoms with E-state index in [0.717, 1.165) is 0 Å². The highest BCUT2D eigenvalue weighted by Crippen LogP contribution is 2.55. The van der Waals surface area contributed by atoms with Crippen LogP contribution in [0.5, 0.6) is 34.5 Å². The summed E-state index contributed by atoms with van der Waals surface area (Å²) in [5.41, 5.74) is -9.80. The predicted octanol–water partition coefficient (Wildman–Crippen LogP) is 1.06. The van der Waals surface area contributed by atoms with E-state index in [-0.39, 0.29) is 0 Å². The van der Waals surface area contributed by atoms with E-state index in [4.69, 9.17) is 0 Å². The van der Waals surface area contributed by atoms with E-state index in [0.29, 0.717) is 0 Å². The summed E-state index contributed by atoms with van der Waals surface area (Å²) in [5, 5.41) is 118. The van der Waals surface area contributed by atoms with Gasteiger partial charge in [-0.2, -0.15) is 0 Å². The van der Waals surface area contributed by atoms with E-state index >= 15 is 0 Å². The molecule has 2 aromatic carbocycles. The molecule has 0 aliphatic rings. The van der Waals surface area contributed by atoms with Crippen LogP contribution in [0.1, 0.15) is 0 Å². The average Bonchev–Trinajstić information content (AvgIpc) is 2.65. The van der Waals surface area contributed by atoms with Gasteiger partial charge in [0, 0.05) is 0 Å². The van der Waals surface area contributed by atoms with Crippen LogP contribution >= 0.6 is 0 Å². The molecule has 6 N–H and O–H groups in total. The number of nitro groups is 6. The predicted molar refractivity (Wildman–Crippen MR) is 103 cm³/mol. The van der Waals surface area contributed by atoms with Crippen molar-refractivity contribution in [2.75, 3.05) is 0 Å². The third-order valence-corrected chi connectivity index (χ3v) is 3.79. The van der Waals surface area contributed by atoms with E-state index in [9.17, 15) is 91.3 Å². The number of nitrogens with zero attached hydrogens (tertiary/aromatic N) is 6. The van der Waals surface area contributed by atoms with Crippen molar-refractivity contribution < 1.29 is 60.2 Å². The zero-order valence-electron chi connectivity index (χ0n) is 16.3. The Labute approximate surface area is 190 Å². The second kappa shape index (κ2) is 9.64. The molecule has 0 aliphatic carbocycles. The molecular formula is C12H6N6O18. The monoisotopic (exact) mass is 522 g/mol. The quantitative estimate of drug-likeness (QED) is 0.228. The van der Waals surface area contributed by atoms with Crippen molar-refractivity contribution >= 4 is 34.1 Å². The first kappa shape index (κ1) is 27.7. The van der Waals surface area contributed by atoms with E-state index in [1.165, 1.54) is 0 Å². The van der Waals surface area contributed by atoms with E-state index in [2.05, 4.69) is 0 Å². The van der Waals surface area contributed by atoms with Gasteiger partial charge in [-0.3, -0.25) is 60.7 Å². The van der Waals surface area contributed by atoms with Crippen LogP contribution in [0, 0.1) is 60.7 Å². The molecule has 0 aliphatic heterocycles. The Morgan fingerprint density at radius 1 is 0.306 bits per heavy atom. The summed E-state index contributed by atoms with van der Waals surface area (Å²) in [6.07, 6.45) is 0. The molecule has 2 rings (SSSR count). The number of hydrogen-bond donors (Lipinski definition) is 6. The molecule has 0 amide bonds. The molecule has 0 unspecified atom stereocenters.